The van der Waals surface area contributed by atoms with Gasteiger partial charge in [0, 0.05) is 12.3 Å². The van der Waals surface area contributed by atoms with Crippen LogP contribution in [-0.4, -0.2) is 34.1 Å². The average Bonchev–Trinajstić information content (AvgIpc) is 2.86. The van der Waals surface area contributed by atoms with Crippen molar-refractivity contribution in [1.82, 2.24) is 15.3 Å². The van der Waals surface area contributed by atoms with E-state index in [9.17, 15) is 9.59 Å². The number of thiazole rings is 1. The highest BCUT2D eigenvalue weighted by atomic mass is 32.1. The second kappa shape index (κ2) is 6.31. The zero-order valence-electron chi connectivity index (χ0n) is 11.4. The lowest BCUT2D eigenvalue weighted by atomic mass is 10.2. The van der Waals surface area contributed by atoms with Gasteiger partial charge in [0.25, 0.3) is 5.91 Å². The molecule has 7 nitrogen and oxygen atoms in total. The van der Waals surface area contributed by atoms with Crippen LogP contribution in [0.25, 0.3) is 0 Å². The van der Waals surface area contributed by atoms with E-state index in [1.54, 1.807) is 19.1 Å². The van der Waals surface area contributed by atoms with Crippen molar-refractivity contribution in [3.8, 4) is 5.88 Å². The molecule has 0 spiro atoms. The van der Waals surface area contributed by atoms with E-state index < -0.39 is 5.97 Å². The summed E-state index contributed by atoms with van der Waals surface area (Å²) in [5, 5.41) is 12.2. The van der Waals surface area contributed by atoms with Crippen LogP contribution in [0.4, 0.5) is 0 Å². The number of carboxylic acids is 1. The van der Waals surface area contributed by atoms with Crippen molar-refractivity contribution in [2.45, 2.75) is 13.5 Å². The number of aromatic nitrogens is 2. The van der Waals surface area contributed by atoms with Gasteiger partial charge in [-0.15, -0.1) is 11.3 Å². The largest absolute Gasteiger partial charge is 0.481 e. The van der Waals surface area contributed by atoms with Crippen molar-refractivity contribution < 1.29 is 19.4 Å². The molecule has 0 bridgehead atoms. The first-order valence-corrected chi connectivity index (χ1v) is 6.80. The summed E-state index contributed by atoms with van der Waals surface area (Å²) in [6.45, 7) is 1.79. The molecular weight excluding hydrogens is 294 g/mol. The van der Waals surface area contributed by atoms with Gasteiger partial charge in [0.15, 0.2) is 0 Å². The number of amides is 1. The molecule has 0 aliphatic rings. The monoisotopic (exact) mass is 307 g/mol. The Morgan fingerprint density at radius 3 is 2.71 bits per heavy atom. The van der Waals surface area contributed by atoms with Gasteiger partial charge < -0.3 is 15.2 Å². The molecule has 2 N–H and O–H groups in total. The number of carbonyl (C=O) groups is 2. The Morgan fingerprint density at radius 2 is 2.19 bits per heavy atom. The normalized spacial score (nSPS) is 10.2. The lowest BCUT2D eigenvalue weighted by Crippen LogP contribution is -2.22. The second-order valence-corrected chi connectivity index (χ2v) is 5.18. The Balaban J connectivity index is 2.00. The summed E-state index contributed by atoms with van der Waals surface area (Å²) in [4.78, 5) is 31.1. The Bertz CT molecular complexity index is 667. The minimum Gasteiger partial charge on any atom is -0.481 e. The number of aryl methyl sites for hydroxylation is 1. The lowest BCUT2D eigenvalue weighted by Gasteiger charge is -2.03. The van der Waals surface area contributed by atoms with Gasteiger partial charge in [0.2, 0.25) is 5.88 Å². The number of hydrogen-bond donors (Lipinski definition) is 2. The Hall–Kier alpha value is -2.48. The average molecular weight is 307 g/mol. The van der Waals surface area contributed by atoms with Crippen molar-refractivity contribution in [1.29, 1.82) is 0 Å². The van der Waals surface area contributed by atoms with Crippen LogP contribution in [0.2, 0.25) is 0 Å². The van der Waals surface area contributed by atoms with Crippen molar-refractivity contribution in [3.05, 3.63) is 39.5 Å². The number of aromatic carboxylic acids is 1. The summed E-state index contributed by atoms with van der Waals surface area (Å²) in [7, 11) is 1.49. The van der Waals surface area contributed by atoms with Crippen molar-refractivity contribution in [2.75, 3.05) is 7.11 Å². The fraction of sp³-hybridized carbons (Fsp3) is 0.231. The first-order chi connectivity index (χ1) is 10.0. The zero-order chi connectivity index (χ0) is 15.4. The Labute approximate surface area is 124 Å². The zero-order valence-corrected chi connectivity index (χ0v) is 12.2. The quantitative estimate of drug-likeness (QED) is 0.867. The molecule has 2 rings (SSSR count). The van der Waals surface area contributed by atoms with E-state index in [0.29, 0.717) is 22.1 Å². The molecule has 0 aliphatic heterocycles. The lowest BCUT2D eigenvalue weighted by molar-refractivity contribution is 0.0701. The SMILES string of the molecule is COc1ccc(C(=O)NCc2nc(C)c(C(=O)O)s2)cn1. The summed E-state index contributed by atoms with van der Waals surface area (Å²) >= 11 is 1.05. The maximum absolute atomic E-state index is 11.9. The highest BCUT2D eigenvalue weighted by molar-refractivity contribution is 7.13. The first kappa shape index (κ1) is 14.9. The highest BCUT2D eigenvalue weighted by Crippen LogP contribution is 2.17. The number of ether oxygens (including phenoxy) is 1. The van der Waals surface area contributed by atoms with Gasteiger partial charge in [-0.3, -0.25) is 4.79 Å². The molecule has 110 valence electrons. The van der Waals surface area contributed by atoms with Gasteiger partial charge in [-0.25, -0.2) is 14.8 Å². The number of carboxylic acid groups (broad SMARTS) is 1. The molecule has 0 atom stereocenters. The number of nitrogens with one attached hydrogen (secondary N) is 1. The third kappa shape index (κ3) is 3.54. The predicted molar refractivity (Wildman–Crippen MR) is 75.8 cm³/mol. The molecule has 0 saturated heterocycles. The van der Waals surface area contributed by atoms with E-state index in [2.05, 4.69) is 15.3 Å². The third-order valence-corrected chi connectivity index (χ3v) is 3.79. The Morgan fingerprint density at radius 1 is 1.43 bits per heavy atom. The van der Waals surface area contributed by atoms with Crippen LogP contribution < -0.4 is 10.1 Å². The highest BCUT2D eigenvalue weighted by Gasteiger charge is 2.14. The predicted octanol–water partition coefficient (Wildman–Crippen LogP) is 1.48. The van der Waals surface area contributed by atoms with Gasteiger partial charge in [-0.1, -0.05) is 0 Å². The van der Waals surface area contributed by atoms with Crippen LogP contribution in [0, 0.1) is 6.92 Å². The maximum Gasteiger partial charge on any atom is 0.347 e. The summed E-state index contributed by atoms with van der Waals surface area (Å²) in [6, 6.07) is 3.18. The van der Waals surface area contributed by atoms with E-state index in [1.165, 1.54) is 13.3 Å². The summed E-state index contributed by atoms with van der Waals surface area (Å²) in [6.07, 6.45) is 1.41. The molecule has 0 unspecified atom stereocenters. The van der Waals surface area contributed by atoms with Gasteiger partial charge in [-0.05, 0) is 13.0 Å². The molecule has 8 heteroatoms. The Kier molecular flexibility index (Phi) is 4.49. The molecular formula is C13H13N3O4S. The topological polar surface area (TPSA) is 101 Å². The molecule has 2 aromatic rings. The number of carbonyl (C=O) groups excluding carboxylic acids is 1. The van der Waals surface area contributed by atoms with Crippen molar-refractivity contribution >= 4 is 23.2 Å². The van der Waals surface area contributed by atoms with Crippen LogP contribution in [0.3, 0.4) is 0 Å². The number of pyridine rings is 1. The fourth-order valence-corrected chi connectivity index (χ4v) is 2.46. The van der Waals surface area contributed by atoms with Gasteiger partial charge in [0.1, 0.15) is 9.88 Å². The van der Waals surface area contributed by atoms with Crippen LogP contribution >= 0.6 is 11.3 Å². The summed E-state index contributed by atoms with van der Waals surface area (Å²) in [5.41, 5.74) is 0.838. The van der Waals surface area contributed by atoms with Gasteiger partial charge in [-0.2, -0.15) is 0 Å². The van der Waals surface area contributed by atoms with Crippen LogP contribution in [0.1, 0.15) is 30.7 Å². The summed E-state index contributed by atoms with van der Waals surface area (Å²) in [5.74, 6) is -0.898. The maximum atomic E-state index is 11.9. The van der Waals surface area contributed by atoms with E-state index in [1.807, 2.05) is 0 Å². The van der Waals surface area contributed by atoms with Crippen LogP contribution in [0.5, 0.6) is 5.88 Å². The van der Waals surface area contributed by atoms with E-state index >= 15 is 0 Å². The standard InChI is InChI=1S/C13H13N3O4S/c1-7-11(13(18)19)21-10(16-7)6-15-12(17)8-3-4-9(20-2)14-5-8/h3-5H,6H2,1-2H3,(H,15,17)(H,18,19). The molecule has 21 heavy (non-hydrogen) atoms. The third-order valence-electron chi connectivity index (χ3n) is 2.64. The van der Waals surface area contributed by atoms with Gasteiger partial charge in [0.05, 0.1) is 24.9 Å². The molecule has 2 aromatic heterocycles. The molecule has 2 heterocycles. The summed E-state index contributed by atoms with van der Waals surface area (Å²) < 4.78 is 4.91. The minimum atomic E-state index is -1.01. The van der Waals surface area contributed by atoms with E-state index in [0.717, 1.165) is 11.3 Å². The minimum absolute atomic E-state index is 0.170. The molecule has 0 radical (unpaired) electrons. The molecule has 1 amide bonds. The van der Waals surface area contributed by atoms with E-state index in [4.69, 9.17) is 9.84 Å². The van der Waals surface area contributed by atoms with Crippen molar-refractivity contribution in [3.63, 3.8) is 0 Å². The molecule has 0 aliphatic carbocycles. The van der Waals surface area contributed by atoms with E-state index in [-0.39, 0.29) is 17.3 Å². The van der Waals surface area contributed by atoms with Crippen LogP contribution in [-0.2, 0) is 6.54 Å². The second-order valence-electron chi connectivity index (χ2n) is 4.10. The van der Waals surface area contributed by atoms with Crippen LogP contribution in [0.15, 0.2) is 18.3 Å². The van der Waals surface area contributed by atoms with Crippen molar-refractivity contribution in [2.24, 2.45) is 0 Å². The molecule has 0 fully saturated rings. The smallest absolute Gasteiger partial charge is 0.347 e. The molecule has 0 saturated carbocycles. The number of hydrogen-bond acceptors (Lipinski definition) is 6. The first-order valence-electron chi connectivity index (χ1n) is 5.99. The number of methoxy groups -OCH3 is 1. The number of rotatable bonds is 5. The van der Waals surface area contributed by atoms with Gasteiger partial charge >= 0.3 is 5.97 Å². The fourth-order valence-electron chi connectivity index (χ4n) is 1.62. The number of nitrogens with zero attached hydrogens (tertiary/aromatic N) is 2. The molecule has 0 aromatic carbocycles.